The molecule has 1 N–H and O–H groups in total. The molecule has 1 aromatic heterocycles. The van der Waals surface area contributed by atoms with E-state index < -0.39 is 0 Å². The van der Waals surface area contributed by atoms with Crippen LogP contribution in [0.5, 0.6) is 5.88 Å². The number of fused-ring (bicyclic) bond motifs is 3. The van der Waals surface area contributed by atoms with E-state index in [9.17, 15) is 0 Å². The summed E-state index contributed by atoms with van der Waals surface area (Å²) in [4.78, 5) is 4.70. The fourth-order valence-electron chi connectivity index (χ4n) is 3.22. The van der Waals surface area contributed by atoms with Crippen molar-refractivity contribution < 1.29 is 4.74 Å². The zero-order chi connectivity index (χ0) is 20.3. The Morgan fingerprint density at radius 1 is 0.900 bits per heavy atom. The van der Waals surface area contributed by atoms with Crippen LogP contribution in [-0.4, -0.2) is 15.2 Å². The highest BCUT2D eigenvalue weighted by atomic mass is 79.9. The van der Waals surface area contributed by atoms with Crippen molar-refractivity contribution in [2.75, 3.05) is 5.32 Å². The number of benzene rings is 3. The summed E-state index contributed by atoms with van der Waals surface area (Å²) in [6.45, 7) is 0. The van der Waals surface area contributed by atoms with Crippen molar-refractivity contribution in [3.05, 3.63) is 94.5 Å². The molecule has 4 aromatic rings. The number of para-hydroxylation sites is 1. The molecule has 0 bridgehead atoms. The summed E-state index contributed by atoms with van der Waals surface area (Å²) in [6, 6.07) is 26.3. The summed E-state index contributed by atoms with van der Waals surface area (Å²) in [5, 5.41) is 12.9. The maximum absolute atomic E-state index is 6.30. The first-order valence-corrected chi connectivity index (χ1v) is 11.2. The molecule has 7 heteroatoms. The highest BCUT2D eigenvalue weighted by Crippen LogP contribution is 2.39. The lowest BCUT2D eigenvalue weighted by atomic mass is 10.1. The summed E-state index contributed by atoms with van der Waals surface area (Å²) < 4.78 is 7.32. The Morgan fingerprint density at radius 2 is 1.67 bits per heavy atom. The molecule has 0 amide bonds. The van der Waals surface area contributed by atoms with Crippen molar-refractivity contribution in [3.63, 3.8) is 0 Å². The molecule has 0 unspecified atom stereocenters. The molecule has 1 atom stereocenters. The van der Waals surface area contributed by atoms with Crippen molar-refractivity contribution in [1.82, 2.24) is 15.2 Å². The number of hydrogen-bond acceptors (Lipinski definition) is 6. The Hall–Kier alpha value is -2.90. The van der Waals surface area contributed by atoms with Crippen LogP contribution in [0.3, 0.4) is 0 Å². The van der Waals surface area contributed by atoms with Crippen LogP contribution in [0.15, 0.2) is 88.5 Å². The summed E-state index contributed by atoms with van der Waals surface area (Å²) in [5.74, 6) is 1.25. The second kappa shape index (κ2) is 8.45. The van der Waals surface area contributed by atoms with E-state index in [1.54, 1.807) is 11.8 Å². The van der Waals surface area contributed by atoms with E-state index in [1.165, 1.54) is 5.56 Å². The van der Waals surface area contributed by atoms with Gasteiger partial charge < -0.3 is 10.1 Å². The monoisotopic (exact) mass is 476 g/mol. The molecule has 1 aliphatic heterocycles. The summed E-state index contributed by atoms with van der Waals surface area (Å²) >= 11 is 5.03. The molecule has 0 aliphatic carbocycles. The van der Waals surface area contributed by atoms with Gasteiger partial charge >= 0.3 is 0 Å². The third-order valence-electron chi connectivity index (χ3n) is 4.72. The Balaban J connectivity index is 1.50. The van der Waals surface area contributed by atoms with E-state index in [0.29, 0.717) is 16.7 Å². The zero-order valence-electron chi connectivity index (χ0n) is 15.8. The molecule has 148 valence electrons. The summed E-state index contributed by atoms with van der Waals surface area (Å²) in [6.07, 6.45) is -0.385. The van der Waals surface area contributed by atoms with Gasteiger partial charge in [-0.25, -0.2) is 0 Å². The zero-order valence-corrected chi connectivity index (χ0v) is 18.2. The number of anilines is 1. The van der Waals surface area contributed by atoms with E-state index in [1.807, 2.05) is 66.7 Å². The molecule has 5 nitrogen and oxygen atoms in total. The van der Waals surface area contributed by atoms with Gasteiger partial charge in [0, 0.05) is 27.0 Å². The van der Waals surface area contributed by atoms with Crippen molar-refractivity contribution in [2.45, 2.75) is 17.1 Å². The SMILES string of the molecule is Brc1ccc([C@H]2Nc3ccccc3-c3nnc(SCc4ccccc4)nc3O2)cc1. The molecular formula is C23H17BrN4OS. The minimum atomic E-state index is -0.385. The van der Waals surface area contributed by atoms with Gasteiger partial charge in [-0.05, 0) is 23.8 Å². The normalized spacial score (nSPS) is 14.6. The van der Waals surface area contributed by atoms with Crippen LogP contribution >= 0.6 is 27.7 Å². The lowest BCUT2D eigenvalue weighted by Gasteiger charge is -2.19. The van der Waals surface area contributed by atoms with Crippen LogP contribution in [0, 0.1) is 0 Å². The highest BCUT2D eigenvalue weighted by molar-refractivity contribution is 9.10. The van der Waals surface area contributed by atoms with Gasteiger partial charge in [0.2, 0.25) is 11.0 Å². The lowest BCUT2D eigenvalue weighted by Crippen LogP contribution is -2.17. The fourth-order valence-corrected chi connectivity index (χ4v) is 4.22. The predicted octanol–water partition coefficient (Wildman–Crippen LogP) is 6.10. The van der Waals surface area contributed by atoms with Gasteiger partial charge in [0.05, 0.1) is 0 Å². The van der Waals surface area contributed by atoms with E-state index in [4.69, 9.17) is 9.72 Å². The first-order valence-electron chi connectivity index (χ1n) is 9.46. The molecule has 0 saturated heterocycles. The van der Waals surface area contributed by atoms with E-state index in [2.05, 4.69) is 43.6 Å². The maximum atomic E-state index is 6.30. The molecule has 0 spiro atoms. The third-order valence-corrected chi connectivity index (χ3v) is 6.15. The first-order chi connectivity index (χ1) is 14.8. The van der Waals surface area contributed by atoms with Gasteiger partial charge in [-0.2, -0.15) is 4.98 Å². The van der Waals surface area contributed by atoms with Crippen LogP contribution in [-0.2, 0) is 5.75 Å². The van der Waals surface area contributed by atoms with E-state index >= 15 is 0 Å². The van der Waals surface area contributed by atoms with Gasteiger partial charge in [0.15, 0.2) is 11.9 Å². The maximum Gasteiger partial charge on any atom is 0.247 e. The van der Waals surface area contributed by atoms with Crippen molar-refractivity contribution in [3.8, 4) is 17.1 Å². The van der Waals surface area contributed by atoms with E-state index in [0.717, 1.165) is 27.0 Å². The lowest BCUT2D eigenvalue weighted by molar-refractivity contribution is 0.225. The van der Waals surface area contributed by atoms with Crippen molar-refractivity contribution >= 4 is 33.4 Å². The Kier molecular flexibility index (Phi) is 5.38. The fraction of sp³-hybridized carbons (Fsp3) is 0.0870. The predicted molar refractivity (Wildman–Crippen MR) is 122 cm³/mol. The molecule has 30 heavy (non-hydrogen) atoms. The van der Waals surface area contributed by atoms with Crippen molar-refractivity contribution in [2.24, 2.45) is 0 Å². The number of rotatable bonds is 4. The van der Waals surface area contributed by atoms with Gasteiger partial charge in [-0.1, -0.05) is 88.4 Å². The first kappa shape index (κ1) is 19.1. The van der Waals surface area contributed by atoms with Crippen LogP contribution in [0.1, 0.15) is 17.4 Å². The second-order valence-electron chi connectivity index (χ2n) is 6.76. The van der Waals surface area contributed by atoms with Gasteiger partial charge in [-0.15, -0.1) is 10.2 Å². The molecular weight excluding hydrogens is 460 g/mol. The molecule has 1 aliphatic rings. The number of aromatic nitrogens is 3. The minimum Gasteiger partial charge on any atom is -0.448 e. The topological polar surface area (TPSA) is 59.9 Å². The highest BCUT2D eigenvalue weighted by Gasteiger charge is 2.26. The molecule has 0 saturated carbocycles. The number of thioether (sulfide) groups is 1. The Labute approximate surface area is 187 Å². The Morgan fingerprint density at radius 3 is 2.50 bits per heavy atom. The minimum absolute atomic E-state index is 0.385. The number of ether oxygens (including phenoxy) is 1. The molecule has 5 rings (SSSR count). The standard InChI is InChI=1S/C23H17BrN4OS/c24-17-12-10-16(11-13-17)21-25-19-9-5-4-8-18(19)20-22(29-21)26-23(28-27-20)30-14-15-6-2-1-3-7-15/h1-13,21,25H,14H2/t21-/m0/s1. The number of nitrogens with zero attached hydrogens (tertiary/aromatic N) is 3. The Bertz CT molecular complexity index is 1170. The average molecular weight is 477 g/mol. The smallest absolute Gasteiger partial charge is 0.247 e. The molecule has 2 heterocycles. The summed E-state index contributed by atoms with van der Waals surface area (Å²) in [7, 11) is 0. The summed E-state index contributed by atoms with van der Waals surface area (Å²) in [5.41, 5.74) is 4.71. The van der Waals surface area contributed by atoms with Crippen LogP contribution in [0.2, 0.25) is 0 Å². The van der Waals surface area contributed by atoms with Crippen molar-refractivity contribution in [1.29, 1.82) is 0 Å². The largest absolute Gasteiger partial charge is 0.448 e. The molecule has 3 aromatic carbocycles. The number of nitrogens with one attached hydrogen (secondary N) is 1. The molecule has 0 fully saturated rings. The average Bonchev–Trinajstić information content (AvgIpc) is 2.95. The number of hydrogen-bond donors (Lipinski definition) is 1. The number of halogens is 1. The van der Waals surface area contributed by atoms with Gasteiger partial charge in [-0.3, -0.25) is 0 Å². The third kappa shape index (κ3) is 4.04. The van der Waals surface area contributed by atoms with E-state index in [-0.39, 0.29) is 6.23 Å². The molecule has 0 radical (unpaired) electrons. The van der Waals surface area contributed by atoms with Crippen LogP contribution in [0.4, 0.5) is 5.69 Å². The van der Waals surface area contributed by atoms with Crippen LogP contribution < -0.4 is 10.1 Å². The second-order valence-corrected chi connectivity index (χ2v) is 8.62. The van der Waals surface area contributed by atoms with Gasteiger partial charge in [0.1, 0.15) is 0 Å². The van der Waals surface area contributed by atoms with Gasteiger partial charge in [0.25, 0.3) is 0 Å². The van der Waals surface area contributed by atoms with Crippen LogP contribution in [0.25, 0.3) is 11.3 Å². The quantitative estimate of drug-likeness (QED) is 0.359.